The zero-order valence-electron chi connectivity index (χ0n) is 14.0. The van der Waals surface area contributed by atoms with Crippen molar-refractivity contribution in [2.45, 2.75) is 6.92 Å². The summed E-state index contributed by atoms with van der Waals surface area (Å²) in [5.41, 5.74) is 9.24. The van der Waals surface area contributed by atoms with E-state index >= 15 is 0 Å². The maximum Gasteiger partial charge on any atom is 0.336 e. The fourth-order valence-electron chi connectivity index (χ4n) is 2.93. The van der Waals surface area contributed by atoms with Crippen molar-refractivity contribution < 1.29 is 4.42 Å². The molecule has 0 aliphatic heterocycles. The molecule has 5 heteroatoms. The molecular formula is C19H20N3O2+. The Bertz CT molecular complexity index is 991. The summed E-state index contributed by atoms with van der Waals surface area (Å²) in [6.07, 6.45) is 0. The molecule has 1 aromatic heterocycles. The molecule has 0 saturated carbocycles. The summed E-state index contributed by atoms with van der Waals surface area (Å²) in [6.45, 7) is 2.02. The molecule has 0 radical (unpaired) electrons. The Kier molecular flexibility index (Phi) is 3.95. The highest BCUT2D eigenvalue weighted by Crippen LogP contribution is 2.37. The molecule has 2 N–H and O–H groups in total. The average Bonchev–Trinajstić information content (AvgIpc) is 2.59. The number of nitrogens with two attached hydrogens (primary N) is 1. The van der Waals surface area contributed by atoms with Gasteiger partial charge in [-0.1, -0.05) is 24.3 Å². The number of nitrogens with zero attached hydrogens (tertiary/aromatic N) is 2. The van der Waals surface area contributed by atoms with E-state index in [1.54, 1.807) is 13.1 Å². The topological polar surface area (TPSA) is 68.6 Å². The predicted molar refractivity (Wildman–Crippen MR) is 98.6 cm³/mol. The average molecular weight is 322 g/mol. The van der Waals surface area contributed by atoms with Gasteiger partial charge in [-0.15, -0.1) is 0 Å². The smallest absolute Gasteiger partial charge is 0.336 e. The summed E-state index contributed by atoms with van der Waals surface area (Å²) in [6, 6.07) is 17.0. The lowest BCUT2D eigenvalue weighted by atomic mass is 10.1. The van der Waals surface area contributed by atoms with Crippen molar-refractivity contribution in [3.8, 4) is 0 Å². The van der Waals surface area contributed by atoms with Crippen molar-refractivity contribution in [2.24, 2.45) is 10.7 Å². The summed E-state index contributed by atoms with van der Waals surface area (Å²) in [5, 5.41) is 0.841. The minimum atomic E-state index is -0.391. The monoisotopic (exact) mass is 322 g/mol. The van der Waals surface area contributed by atoms with Crippen molar-refractivity contribution in [1.82, 2.24) is 4.48 Å². The Morgan fingerprint density at radius 3 is 2.58 bits per heavy atom. The second kappa shape index (κ2) is 5.94. The van der Waals surface area contributed by atoms with Crippen LogP contribution in [0.1, 0.15) is 5.56 Å². The molecule has 24 heavy (non-hydrogen) atoms. The van der Waals surface area contributed by atoms with Gasteiger partial charge in [-0.3, -0.25) is 0 Å². The van der Waals surface area contributed by atoms with Crippen molar-refractivity contribution in [3.63, 3.8) is 0 Å². The molecule has 5 nitrogen and oxygen atoms in total. The van der Waals surface area contributed by atoms with Crippen LogP contribution in [0.4, 0.5) is 11.4 Å². The van der Waals surface area contributed by atoms with Crippen LogP contribution in [0.15, 0.2) is 68.8 Å². The summed E-state index contributed by atoms with van der Waals surface area (Å²) >= 11 is 0. The zero-order valence-corrected chi connectivity index (χ0v) is 14.0. The van der Waals surface area contributed by atoms with Crippen molar-refractivity contribution in [2.75, 3.05) is 14.1 Å². The van der Waals surface area contributed by atoms with Crippen LogP contribution in [0, 0.1) is 6.92 Å². The van der Waals surface area contributed by atoms with Crippen molar-refractivity contribution in [3.05, 3.63) is 70.6 Å². The van der Waals surface area contributed by atoms with E-state index in [0.717, 1.165) is 22.3 Å². The van der Waals surface area contributed by atoms with Gasteiger partial charge < -0.3 is 10.2 Å². The summed E-state index contributed by atoms with van der Waals surface area (Å²) in [7, 11) is 3.60. The summed E-state index contributed by atoms with van der Waals surface area (Å²) in [4.78, 5) is 16.0. The molecule has 0 fully saturated rings. The van der Waals surface area contributed by atoms with Gasteiger partial charge in [0.25, 0.3) is 0 Å². The first-order valence-corrected chi connectivity index (χ1v) is 7.67. The summed E-state index contributed by atoms with van der Waals surface area (Å²) in [5.74, 6) is 0.402. The molecule has 1 atom stereocenters. The molecule has 0 amide bonds. The number of fused-ring (bicyclic) bond motifs is 1. The SMILES string of the molecule is CN=C(N)[N+](C)(c1cccc(C)c1)c1cccc2ccc(=O)oc12. The van der Waals surface area contributed by atoms with E-state index in [2.05, 4.69) is 11.1 Å². The Balaban J connectivity index is 2.40. The first kappa shape index (κ1) is 16.0. The number of hydrogen-bond acceptors (Lipinski definition) is 3. The molecule has 0 spiro atoms. The molecule has 0 aliphatic carbocycles. The maximum absolute atomic E-state index is 11.8. The minimum Gasteiger partial charge on any atom is -0.416 e. The van der Waals surface area contributed by atoms with Crippen LogP contribution in [0.5, 0.6) is 0 Å². The Hall–Kier alpha value is -2.92. The molecule has 1 unspecified atom stereocenters. The first-order valence-electron chi connectivity index (χ1n) is 7.67. The van der Waals surface area contributed by atoms with Gasteiger partial charge in [0.1, 0.15) is 5.69 Å². The summed E-state index contributed by atoms with van der Waals surface area (Å²) < 4.78 is 5.63. The van der Waals surface area contributed by atoms with Crippen LogP contribution in [-0.4, -0.2) is 20.1 Å². The van der Waals surface area contributed by atoms with Crippen LogP contribution in [0.3, 0.4) is 0 Å². The van der Waals surface area contributed by atoms with Gasteiger partial charge in [-0.05, 0) is 18.6 Å². The molecule has 3 aromatic rings. The van der Waals surface area contributed by atoms with E-state index in [1.807, 2.05) is 50.4 Å². The quantitative estimate of drug-likeness (QED) is 0.340. The van der Waals surface area contributed by atoms with Gasteiger partial charge in [0, 0.05) is 36.7 Å². The van der Waals surface area contributed by atoms with Crippen LogP contribution in [0.2, 0.25) is 0 Å². The highest BCUT2D eigenvalue weighted by Gasteiger charge is 2.36. The lowest BCUT2D eigenvalue weighted by molar-refractivity contribution is 0.548. The highest BCUT2D eigenvalue weighted by molar-refractivity contribution is 6.02. The Morgan fingerprint density at radius 1 is 1.12 bits per heavy atom. The fraction of sp³-hybridized carbons (Fsp3) is 0.158. The lowest BCUT2D eigenvalue weighted by Crippen LogP contribution is -2.50. The van der Waals surface area contributed by atoms with Crippen LogP contribution in [-0.2, 0) is 0 Å². The third kappa shape index (κ3) is 2.49. The van der Waals surface area contributed by atoms with Gasteiger partial charge in [0.05, 0.1) is 7.05 Å². The minimum absolute atomic E-state index is 0.127. The maximum atomic E-state index is 11.8. The number of rotatable bonds is 2. The van der Waals surface area contributed by atoms with Gasteiger partial charge in [-0.2, -0.15) is 4.48 Å². The van der Waals surface area contributed by atoms with Gasteiger partial charge >= 0.3 is 11.6 Å². The molecular weight excluding hydrogens is 302 g/mol. The van der Waals surface area contributed by atoms with E-state index in [-0.39, 0.29) is 4.48 Å². The highest BCUT2D eigenvalue weighted by atomic mass is 16.4. The second-order valence-corrected chi connectivity index (χ2v) is 5.88. The lowest BCUT2D eigenvalue weighted by Gasteiger charge is -2.31. The third-order valence-corrected chi connectivity index (χ3v) is 4.31. The fourth-order valence-corrected chi connectivity index (χ4v) is 2.93. The standard InChI is InChI=1S/C19H20N3O2/c1-13-6-4-8-15(12-13)22(3,19(20)21-2)16-9-5-7-14-10-11-17(23)24-18(14)16/h4-12H,1-3H3,(H2,20,21)/q+1. The van der Waals surface area contributed by atoms with Crippen molar-refractivity contribution in [1.29, 1.82) is 0 Å². The molecule has 0 aliphatic rings. The van der Waals surface area contributed by atoms with Gasteiger partial charge in [0.2, 0.25) is 0 Å². The number of hydrogen-bond donors (Lipinski definition) is 1. The number of benzene rings is 2. The second-order valence-electron chi connectivity index (χ2n) is 5.88. The molecule has 122 valence electrons. The van der Waals surface area contributed by atoms with Crippen LogP contribution < -0.4 is 15.8 Å². The number of para-hydroxylation sites is 1. The molecule has 2 aromatic carbocycles. The van der Waals surface area contributed by atoms with Gasteiger partial charge in [-0.25, -0.2) is 9.79 Å². The van der Waals surface area contributed by atoms with Gasteiger partial charge in [0.15, 0.2) is 11.3 Å². The van der Waals surface area contributed by atoms with Crippen LogP contribution in [0.25, 0.3) is 11.0 Å². The van der Waals surface area contributed by atoms with E-state index in [4.69, 9.17) is 10.2 Å². The largest absolute Gasteiger partial charge is 0.416 e. The predicted octanol–water partition coefficient (Wildman–Crippen LogP) is 3.31. The molecule has 0 bridgehead atoms. The van der Waals surface area contributed by atoms with E-state index in [1.165, 1.54) is 6.07 Å². The Labute approximate surface area is 140 Å². The van der Waals surface area contributed by atoms with E-state index in [0.29, 0.717) is 11.5 Å². The number of aryl methyl sites for hydroxylation is 1. The van der Waals surface area contributed by atoms with E-state index in [9.17, 15) is 4.79 Å². The van der Waals surface area contributed by atoms with Crippen LogP contribution >= 0.6 is 0 Å². The van der Waals surface area contributed by atoms with Crippen molar-refractivity contribution >= 4 is 28.3 Å². The Morgan fingerprint density at radius 2 is 1.88 bits per heavy atom. The molecule has 0 saturated heterocycles. The zero-order chi connectivity index (χ0) is 17.3. The number of quaternary nitrogens is 1. The number of guanidine groups is 1. The molecule has 3 rings (SSSR count). The van der Waals surface area contributed by atoms with E-state index < -0.39 is 5.63 Å². The number of aliphatic imine (C=N–C) groups is 1. The molecule has 1 heterocycles. The first-order chi connectivity index (χ1) is 11.5. The third-order valence-electron chi connectivity index (χ3n) is 4.31. The normalized spacial score (nSPS) is 14.5.